The summed E-state index contributed by atoms with van der Waals surface area (Å²) in [6.45, 7) is 3.21. The van der Waals surface area contributed by atoms with Crippen molar-refractivity contribution in [3.8, 4) is 5.75 Å². The molecule has 2 fully saturated rings. The summed E-state index contributed by atoms with van der Waals surface area (Å²) < 4.78 is 42.7. The molecule has 1 aliphatic heterocycles. The summed E-state index contributed by atoms with van der Waals surface area (Å²) in [7, 11) is 0. The number of alkyl halides is 3. The van der Waals surface area contributed by atoms with Crippen molar-refractivity contribution < 1.29 is 37.3 Å². The van der Waals surface area contributed by atoms with Gasteiger partial charge in [-0.25, -0.2) is 4.79 Å². The molecule has 2 bridgehead atoms. The number of carboxylic acids is 1. The number of esters is 1. The smallest absolute Gasteiger partial charge is 0.475 e. The van der Waals surface area contributed by atoms with Crippen molar-refractivity contribution in [2.45, 2.75) is 82.3 Å². The maximum absolute atomic E-state index is 11.6. The molecule has 2 N–H and O–H groups in total. The lowest BCUT2D eigenvalue weighted by Crippen LogP contribution is -2.59. The van der Waals surface area contributed by atoms with Crippen LogP contribution in [0.2, 0.25) is 0 Å². The zero-order valence-corrected chi connectivity index (χ0v) is 18.9. The molecule has 0 radical (unpaired) electrons. The van der Waals surface area contributed by atoms with Gasteiger partial charge in [0, 0.05) is 17.9 Å². The van der Waals surface area contributed by atoms with Crippen molar-refractivity contribution in [2.75, 3.05) is 13.3 Å². The lowest BCUT2D eigenvalue weighted by molar-refractivity contribution is -0.192. The standard InChI is InChI=1S/C22H31NO3.C2HF3O2/c1-2-3-7-21(24)26-15-25-17-9-8-16-13-20-18-6-4-5-10-22(18,11-12-23-20)19(16)14-17;3-2(4,5)1(6)7/h8-9,14,18,20,23H,2-7,10-13,15H2,1H3;(H,6,7)/t18-,20+,22-;/m1./s1. The monoisotopic (exact) mass is 471 g/mol. The normalized spacial score (nSPS) is 25.6. The summed E-state index contributed by atoms with van der Waals surface area (Å²) in [5, 5.41) is 10.9. The molecule has 1 heterocycles. The van der Waals surface area contributed by atoms with Gasteiger partial charge in [0.05, 0.1) is 0 Å². The number of ether oxygens (including phenoxy) is 2. The van der Waals surface area contributed by atoms with Gasteiger partial charge in [0.1, 0.15) is 5.75 Å². The minimum atomic E-state index is -5.08. The second-order valence-corrected chi connectivity index (χ2v) is 9.03. The second-order valence-electron chi connectivity index (χ2n) is 9.03. The zero-order valence-electron chi connectivity index (χ0n) is 18.9. The van der Waals surface area contributed by atoms with E-state index in [1.807, 2.05) is 6.07 Å². The Hall–Kier alpha value is -2.29. The summed E-state index contributed by atoms with van der Waals surface area (Å²) in [6.07, 6.45) is 4.98. The quantitative estimate of drug-likeness (QED) is 0.461. The Kier molecular flexibility index (Phi) is 8.26. The van der Waals surface area contributed by atoms with Crippen LogP contribution in [0.4, 0.5) is 13.2 Å². The van der Waals surface area contributed by atoms with E-state index in [-0.39, 0.29) is 12.8 Å². The maximum atomic E-state index is 11.6. The summed E-state index contributed by atoms with van der Waals surface area (Å²) >= 11 is 0. The topological polar surface area (TPSA) is 84.9 Å². The van der Waals surface area contributed by atoms with E-state index < -0.39 is 12.1 Å². The van der Waals surface area contributed by atoms with Crippen LogP contribution in [-0.2, 0) is 26.2 Å². The number of hydrogen-bond donors (Lipinski definition) is 2. The number of carboxylic acid groups (broad SMARTS) is 1. The molecule has 0 unspecified atom stereocenters. The molecule has 1 aromatic rings. The van der Waals surface area contributed by atoms with Crippen LogP contribution in [0.1, 0.15) is 69.4 Å². The number of carbonyl (C=O) groups excluding carboxylic acids is 1. The highest BCUT2D eigenvalue weighted by Crippen LogP contribution is 2.54. The summed E-state index contributed by atoms with van der Waals surface area (Å²) in [4.78, 5) is 20.5. The molecular formula is C24H32F3NO5. The van der Waals surface area contributed by atoms with E-state index in [2.05, 4.69) is 24.4 Å². The molecule has 3 aliphatic rings. The molecule has 0 aromatic heterocycles. The second kappa shape index (κ2) is 10.8. The number of hydrogen-bond acceptors (Lipinski definition) is 5. The van der Waals surface area contributed by atoms with Crippen molar-refractivity contribution in [1.29, 1.82) is 0 Å². The van der Waals surface area contributed by atoms with Crippen LogP contribution in [-0.4, -0.2) is 42.6 Å². The molecule has 3 atom stereocenters. The minimum Gasteiger partial charge on any atom is -0.475 e. The predicted molar refractivity (Wildman–Crippen MR) is 115 cm³/mol. The van der Waals surface area contributed by atoms with Gasteiger partial charge in [-0.05, 0) is 67.8 Å². The first-order valence-electron chi connectivity index (χ1n) is 11.6. The molecule has 9 heteroatoms. The molecule has 0 spiro atoms. The number of benzene rings is 1. The fraction of sp³-hybridized carbons (Fsp3) is 0.667. The molecular weight excluding hydrogens is 439 g/mol. The first kappa shape index (κ1) is 25.3. The average molecular weight is 472 g/mol. The fourth-order valence-electron chi connectivity index (χ4n) is 5.55. The number of piperidine rings is 1. The van der Waals surface area contributed by atoms with E-state index >= 15 is 0 Å². The highest BCUT2D eigenvalue weighted by atomic mass is 19.4. The van der Waals surface area contributed by atoms with Crippen molar-refractivity contribution >= 4 is 11.9 Å². The lowest BCUT2D eigenvalue weighted by atomic mass is 9.53. The summed E-state index contributed by atoms with van der Waals surface area (Å²) in [5.41, 5.74) is 3.32. The Morgan fingerprint density at radius 3 is 2.70 bits per heavy atom. The molecule has 1 aromatic carbocycles. The van der Waals surface area contributed by atoms with Crippen LogP contribution in [0.5, 0.6) is 5.75 Å². The highest BCUT2D eigenvalue weighted by molar-refractivity contribution is 5.73. The number of carbonyl (C=O) groups is 2. The van der Waals surface area contributed by atoms with Crippen LogP contribution < -0.4 is 10.1 Å². The first-order chi connectivity index (χ1) is 15.7. The van der Waals surface area contributed by atoms with E-state index in [1.54, 1.807) is 0 Å². The number of fused-ring (bicyclic) bond motifs is 1. The van der Waals surface area contributed by atoms with Gasteiger partial charge in [0.2, 0.25) is 6.79 Å². The third-order valence-electron chi connectivity index (χ3n) is 7.04. The van der Waals surface area contributed by atoms with E-state index in [0.717, 1.165) is 37.5 Å². The summed E-state index contributed by atoms with van der Waals surface area (Å²) in [5.74, 6) is -1.33. The molecule has 33 heavy (non-hydrogen) atoms. The first-order valence-corrected chi connectivity index (χ1v) is 11.6. The number of unbranched alkanes of at least 4 members (excludes halogenated alkanes) is 1. The Morgan fingerprint density at radius 2 is 2.00 bits per heavy atom. The van der Waals surface area contributed by atoms with Gasteiger partial charge in [0.25, 0.3) is 0 Å². The minimum absolute atomic E-state index is 0.0158. The van der Waals surface area contributed by atoms with Gasteiger partial charge in [0.15, 0.2) is 0 Å². The third-order valence-corrected chi connectivity index (χ3v) is 7.04. The van der Waals surface area contributed by atoms with Crippen LogP contribution in [0.25, 0.3) is 0 Å². The SMILES string of the molecule is CCCCC(=O)OCOc1ccc2c(c1)[C@@]13CCCC[C@@H]1[C@H](C2)NCC3.O=C(O)C(F)(F)F. The summed E-state index contributed by atoms with van der Waals surface area (Å²) in [6, 6.07) is 7.15. The van der Waals surface area contributed by atoms with Gasteiger partial charge in [-0.15, -0.1) is 0 Å². The average Bonchev–Trinajstić information content (AvgIpc) is 2.78. The van der Waals surface area contributed by atoms with Gasteiger partial charge in [-0.2, -0.15) is 13.2 Å². The Labute approximate surface area is 191 Å². The van der Waals surface area contributed by atoms with Gasteiger partial charge in [-0.3, -0.25) is 4.79 Å². The fourth-order valence-corrected chi connectivity index (χ4v) is 5.55. The van der Waals surface area contributed by atoms with Crippen molar-refractivity contribution in [3.05, 3.63) is 29.3 Å². The zero-order chi connectivity index (χ0) is 24.1. The van der Waals surface area contributed by atoms with Crippen molar-refractivity contribution in [2.24, 2.45) is 5.92 Å². The van der Waals surface area contributed by atoms with Crippen molar-refractivity contribution in [3.63, 3.8) is 0 Å². The van der Waals surface area contributed by atoms with Crippen LogP contribution in [0, 0.1) is 5.92 Å². The predicted octanol–water partition coefficient (Wildman–Crippen LogP) is 4.74. The largest absolute Gasteiger partial charge is 0.490 e. The van der Waals surface area contributed by atoms with E-state index in [4.69, 9.17) is 19.4 Å². The third kappa shape index (κ3) is 5.99. The van der Waals surface area contributed by atoms with Crippen molar-refractivity contribution in [1.82, 2.24) is 5.32 Å². The maximum Gasteiger partial charge on any atom is 0.490 e. The Bertz CT molecular complexity index is 840. The number of aliphatic carboxylic acids is 1. The van der Waals surface area contributed by atoms with Gasteiger partial charge >= 0.3 is 18.1 Å². The van der Waals surface area contributed by atoms with E-state index in [0.29, 0.717) is 17.9 Å². The molecule has 0 amide bonds. The number of rotatable bonds is 6. The van der Waals surface area contributed by atoms with E-state index in [1.165, 1.54) is 43.2 Å². The van der Waals surface area contributed by atoms with Gasteiger partial charge in [-0.1, -0.05) is 32.3 Å². The van der Waals surface area contributed by atoms with Crippen LogP contribution in [0.3, 0.4) is 0 Å². The van der Waals surface area contributed by atoms with E-state index in [9.17, 15) is 18.0 Å². The Balaban J connectivity index is 0.000000383. The number of nitrogens with one attached hydrogen (secondary N) is 1. The number of halogens is 3. The molecule has 184 valence electrons. The Morgan fingerprint density at radius 1 is 1.24 bits per heavy atom. The highest BCUT2D eigenvalue weighted by Gasteiger charge is 2.51. The molecule has 4 rings (SSSR count). The van der Waals surface area contributed by atoms with Gasteiger partial charge < -0.3 is 19.9 Å². The van der Waals surface area contributed by atoms with Crippen LogP contribution >= 0.6 is 0 Å². The molecule has 2 aliphatic carbocycles. The lowest BCUT2D eigenvalue weighted by Gasteiger charge is -2.56. The van der Waals surface area contributed by atoms with Crippen LogP contribution in [0.15, 0.2) is 18.2 Å². The molecule has 6 nitrogen and oxygen atoms in total. The molecule has 1 saturated carbocycles. The molecule has 1 saturated heterocycles.